The predicted molar refractivity (Wildman–Crippen MR) is 55.5 cm³/mol. The van der Waals surface area contributed by atoms with E-state index in [9.17, 15) is 26.7 Å². The molecule has 1 N–H and O–H groups in total. The van der Waals surface area contributed by atoms with Gasteiger partial charge >= 0.3 is 6.36 Å². The number of aromatic hydroxyl groups is 1. The molecule has 0 spiro atoms. The van der Waals surface area contributed by atoms with Crippen LogP contribution >= 0.6 is 26.6 Å². The summed E-state index contributed by atoms with van der Waals surface area (Å²) in [5.41, 5.74) is 0. The van der Waals surface area contributed by atoms with Gasteiger partial charge in [0.05, 0.1) is 0 Å². The molecule has 1 aromatic carbocycles. The minimum Gasteiger partial charge on any atom is -0.503 e. The van der Waals surface area contributed by atoms with E-state index in [0.29, 0.717) is 0 Å². The number of alkyl halides is 3. The molecule has 0 aromatic heterocycles. The van der Waals surface area contributed by atoms with Crippen molar-refractivity contribution in [3.05, 3.63) is 16.6 Å². The minimum absolute atomic E-state index is 0.0474. The molecule has 4 nitrogen and oxygen atoms in total. The first-order valence-electron chi connectivity index (χ1n) is 3.73. The van der Waals surface area contributed by atoms with Gasteiger partial charge in [0.15, 0.2) is 11.5 Å². The third kappa shape index (κ3) is 3.93. The van der Waals surface area contributed by atoms with E-state index in [1.54, 1.807) is 0 Å². The third-order valence-corrected chi connectivity index (χ3v) is 3.29. The maximum absolute atomic E-state index is 12.0. The Morgan fingerprint density at radius 3 is 2.29 bits per heavy atom. The standard InChI is InChI=1S/C7H3BrClF3O4S/c8-3-1-4(16-7(10,11)12)6(13)5(2-3)17(9,14)15/h1-2,13H. The van der Waals surface area contributed by atoms with Gasteiger partial charge in [-0.1, -0.05) is 15.9 Å². The lowest BCUT2D eigenvalue weighted by Crippen LogP contribution is -2.17. The summed E-state index contributed by atoms with van der Waals surface area (Å²) in [4.78, 5) is -0.882. The molecule has 0 aliphatic rings. The molecule has 0 amide bonds. The van der Waals surface area contributed by atoms with Crippen molar-refractivity contribution in [3.8, 4) is 11.5 Å². The highest BCUT2D eigenvalue weighted by atomic mass is 79.9. The first kappa shape index (κ1) is 14.4. The lowest BCUT2D eigenvalue weighted by molar-refractivity contribution is -0.275. The summed E-state index contributed by atoms with van der Waals surface area (Å²) in [6, 6.07) is 1.61. The van der Waals surface area contributed by atoms with E-state index in [2.05, 4.69) is 20.7 Å². The number of phenols is 1. The van der Waals surface area contributed by atoms with Crippen LogP contribution < -0.4 is 4.74 Å². The fraction of sp³-hybridized carbons (Fsp3) is 0.143. The molecule has 0 radical (unpaired) electrons. The molecule has 0 aliphatic carbocycles. The van der Waals surface area contributed by atoms with E-state index >= 15 is 0 Å². The van der Waals surface area contributed by atoms with Crippen LogP contribution in [-0.4, -0.2) is 19.9 Å². The van der Waals surface area contributed by atoms with Crippen LogP contribution in [-0.2, 0) is 9.05 Å². The molecule has 96 valence electrons. The van der Waals surface area contributed by atoms with Gasteiger partial charge in [-0.3, -0.25) is 0 Å². The van der Waals surface area contributed by atoms with Gasteiger partial charge in [-0.2, -0.15) is 0 Å². The second-order valence-electron chi connectivity index (χ2n) is 2.74. The summed E-state index contributed by atoms with van der Waals surface area (Å²) < 4.78 is 61.2. The van der Waals surface area contributed by atoms with Crippen molar-refractivity contribution >= 4 is 35.7 Å². The summed E-state index contributed by atoms with van der Waals surface area (Å²) in [5.74, 6) is -2.27. The molecular formula is C7H3BrClF3O4S. The van der Waals surface area contributed by atoms with Gasteiger partial charge in [0, 0.05) is 15.2 Å². The molecule has 10 heteroatoms. The van der Waals surface area contributed by atoms with Crippen molar-refractivity contribution in [2.75, 3.05) is 0 Å². The Bertz CT molecular complexity index is 543. The average molecular weight is 356 g/mol. The molecule has 0 heterocycles. The van der Waals surface area contributed by atoms with Crippen LogP contribution in [0.15, 0.2) is 21.5 Å². The zero-order chi connectivity index (χ0) is 13.4. The number of rotatable bonds is 2. The number of phenolic OH excluding ortho intramolecular Hbond substituents is 1. The topological polar surface area (TPSA) is 63.6 Å². The molecule has 0 atom stereocenters. The lowest BCUT2D eigenvalue weighted by atomic mass is 10.3. The minimum atomic E-state index is -5.06. The van der Waals surface area contributed by atoms with Gasteiger partial charge in [0.2, 0.25) is 0 Å². The van der Waals surface area contributed by atoms with Crippen molar-refractivity contribution in [2.24, 2.45) is 0 Å². The molecule has 17 heavy (non-hydrogen) atoms. The molecule has 0 saturated carbocycles. The second-order valence-corrected chi connectivity index (χ2v) is 6.19. The van der Waals surface area contributed by atoms with E-state index in [1.807, 2.05) is 0 Å². The van der Waals surface area contributed by atoms with Gasteiger partial charge in [0.1, 0.15) is 4.90 Å². The fourth-order valence-electron chi connectivity index (χ4n) is 0.939. The van der Waals surface area contributed by atoms with Crippen LogP contribution in [0.5, 0.6) is 11.5 Å². The first-order chi connectivity index (χ1) is 7.50. The molecule has 0 bridgehead atoms. The monoisotopic (exact) mass is 354 g/mol. The van der Waals surface area contributed by atoms with Crippen LogP contribution in [0, 0.1) is 0 Å². The maximum atomic E-state index is 12.0. The predicted octanol–water partition coefficient (Wildman–Crippen LogP) is 2.98. The van der Waals surface area contributed by atoms with Crippen molar-refractivity contribution in [3.63, 3.8) is 0 Å². The third-order valence-electron chi connectivity index (χ3n) is 1.49. The zero-order valence-corrected chi connectivity index (χ0v) is 10.8. The highest BCUT2D eigenvalue weighted by molar-refractivity contribution is 9.10. The Hall–Kier alpha value is -0.670. The van der Waals surface area contributed by atoms with Crippen LogP contribution in [0.1, 0.15) is 0 Å². The number of benzene rings is 1. The van der Waals surface area contributed by atoms with Crippen molar-refractivity contribution < 1.29 is 31.4 Å². The van der Waals surface area contributed by atoms with E-state index in [4.69, 9.17) is 10.7 Å². The number of ether oxygens (including phenoxy) is 1. The number of hydrogen-bond donors (Lipinski definition) is 1. The fourth-order valence-corrected chi connectivity index (χ4v) is 2.48. The van der Waals surface area contributed by atoms with Crippen LogP contribution in [0.4, 0.5) is 13.2 Å². The second kappa shape index (κ2) is 4.54. The Kier molecular flexibility index (Phi) is 3.84. The van der Waals surface area contributed by atoms with Crippen molar-refractivity contribution in [2.45, 2.75) is 11.3 Å². The maximum Gasteiger partial charge on any atom is 0.573 e. The van der Waals surface area contributed by atoms with Crippen LogP contribution in [0.2, 0.25) is 0 Å². The Balaban J connectivity index is 3.40. The highest BCUT2D eigenvalue weighted by Crippen LogP contribution is 2.40. The number of halogens is 5. The average Bonchev–Trinajstić information content (AvgIpc) is 2.06. The van der Waals surface area contributed by atoms with Crippen LogP contribution in [0.25, 0.3) is 0 Å². The number of hydrogen-bond acceptors (Lipinski definition) is 4. The molecule has 1 aromatic rings. The molecule has 0 saturated heterocycles. The summed E-state index contributed by atoms with van der Waals surface area (Å²) in [6.45, 7) is 0. The van der Waals surface area contributed by atoms with Crippen molar-refractivity contribution in [1.82, 2.24) is 0 Å². The Labute approximate surface area is 107 Å². The summed E-state index contributed by atoms with van der Waals surface area (Å²) >= 11 is 2.77. The van der Waals surface area contributed by atoms with Gasteiger partial charge in [-0.15, -0.1) is 13.2 Å². The van der Waals surface area contributed by atoms with Gasteiger partial charge in [0.25, 0.3) is 9.05 Å². The van der Waals surface area contributed by atoms with E-state index in [1.165, 1.54) is 0 Å². The SMILES string of the molecule is O=S(=O)(Cl)c1cc(Br)cc(OC(F)(F)F)c1O. The first-order valence-corrected chi connectivity index (χ1v) is 6.84. The van der Waals surface area contributed by atoms with Crippen molar-refractivity contribution in [1.29, 1.82) is 0 Å². The summed E-state index contributed by atoms with van der Waals surface area (Å²) in [5, 5.41) is 9.30. The van der Waals surface area contributed by atoms with Crippen LogP contribution in [0.3, 0.4) is 0 Å². The summed E-state index contributed by atoms with van der Waals surface area (Å²) in [7, 11) is 0.544. The summed E-state index contributed by atoms with van der Waals surface area (Å²) in [6.07, 6.45) is -5.06. The normalized spacial score (nSPS) is 12.5. The molecule has 1 rings (SSSR count). The Morgan fingerprint density at radius 2 is 1.88 bits per heavy atom. The van der Waals surface area contributed by atoms with Gasteiger partial charge in [-0.25, -0.2) is 8.42 Å². The quantitative estimate of drug-likeness (QED) is 0.829. The molecule has 0 aliphatic heterocycles. The largest absolute Gasteiger partial charge is 0.573 e. The van der Waals surface area contributed by atoms with Gasteiger partial charge < -0.3 is 9.84 Å². The highest BCUT2D eigenvalue weighted by Gasteiger charge is 2.34. The van der Waals surface area contributed by atoms with E-state index in [0.717, 1.165) is 12.1 Å². The molecule has 0 unspecified atom stereocenters. The lowest BCUT2D eigenvalue weighted by Gasteiger charge is -2.12. The van der Waals surface area contributed by atoms with E-state index in [-0.39, 0.29) is 4.47 Å². The molecule has 0 fully saturated rings. The zero-order valence-electron chi connectivity index (χ0n) is 7.62. The van der Waals surface area contributed by atoms with E-state index < -0.39 is 31.8 Å². The molecular weight excluding hydrogens is 352 g/mol. The van der Waals surface area contributed by atoms with Gasteiger partial charge in [-0.05, 0) is 12.1 Å². The Morgan fingerprint density at radius 1 is 1.35 bits per heavy atom. The smallest absolute Gasteiger partial charge is 0.503 e.